The Morgan fingerprint density at radius 3 is 2.72 bits per heavy atom. The lowest BCUT2D eigenvalue weighted by Crippen LogP contribution is -2.16. The second-order valence-electron chi connectivity index (χ2n) is 5.58. The van der Waals surface area contributed by atoms with Crippen LogP contribution in [0, 0.1) is 13.8 Å². The highest BCUT2D eigenvalue weighted by Crippen LogP contribution is 2.35. The predicted molar refractivity (Wildman–Crippen MR) is 99.3 cm³/mol. The maximum Gasteiger partial charge on any atom is 0.412 e. The van der Waals surface area contributed by atoms with Gasteiger partial charge in [-0.2, -0.15) is 0 Å². The first-order chi connectivity index (χ1) is 12.0. The number of halogens is 1. The third-order valence-electron chi connectivity index (χ3n) is 3.68. The molecule has 0 aliphatic carbocycles. The van der Waals surface area contributed by atoms with E-state index in [2.05, 4.69) is 10.5 Å². The quantitative estimate of drug-likeness (QED) is 0.608. The fourth-order valence-electron chi connectivity index (χ4n) is 2.40. The van der Waals surface area contributed by atoms with Crippen LogP contribution in [-0.2, 0) is 4.74 Å². The van der Waals surface area contributed by atoms with Crippen molar-refractivity contribution in [3.63, 3.8) is 0 Å². The summed E-state index contributed by atoms with van der Waals surface area (Å²) in [5, 5.41) is 7.23. The molecular weight excluding hydrogens is 360 g/mol. The van der Waals surface area contributed by atoms with Crippen LogP contribution in [0.15, 0.2) is 40.9 Å². The molecule has 0 aliphatic rings. The van der Waals surface area contributed by atoms with E-state index in [1.54, 1.807) is 31.3 Å². The molecular formula is C18H17ClN2O3S. The van der Waals surface area contributed by atoms with Gasteiger partial charge in [-0.1, -0.05) is 35.0 Å². The van der Waals surface area contributed by atoms with E-state index in [9.17, 15) is 4.79 Å². The normalized spacial score (nSPS) is 12.0. The first kappa shape index (κ1) is 17.5. The third kappa shape index (κ3) is 3.86. The van der Waals surface area contributed by atoms with Crippen molar-refractivity contribution in [1.82, 2.24) is 5.16 Å². The maximum atomic E-state index is 12.3. The zero-order chi connectivity index (χ0) is 18.0. The minimum atomic E-state index is -0.590. The van der Waals surface area contributed by atoms with E-state index in [0.29, 0.717) is 22.2 Å². The van der Waals surface area contributed by atoms with E-state index in [1.807, 2.05) is 37.3 Å². The molecule has 25 heavy (non-hydrogen) atoms. The molecule has 1 N–H and O–H groups in total. The first-order valence-corrected chi connectivity index (χ1v) is 8.90. The molecule has 2 aromatic heterocycles. The van der Waals surface area contributed by atoms with E-state index in [0.717, 1.165) is 15.3 Å². The van der Waals surface area contributed by atoms with Gasteiger partial charge in [-0.25, -0.2) is 4.79 Å². The van der Waals surface area contributed by atoms with Crippen molar-refractivity contribution in [2.24, 2.45) is 0 Å². The summed E-state index contributed by atoms with van der Waals surface area (Å²) in [5.41, 5.74) is 1.84. The Balaban J connectivity index is 1.76. The molecule has 5 nitrogen and oxygen atoms in total. The van der Waals surface area contributed by atoms with E-state index in [1.165, 1.54) is 0 Å². The number of aryl methyl sites for hydroxylation is 2. The average Bonchev–Trinajstić information content (AvgIpc) is 3.14. The Kier molecular flexibility index (Phi) is 5.11. The molecule has 0 spiro atoms. The predicted octanol–water partition coefficient (Wildman–Crippen LogP) is 5.98. The fraction of sp³-hybridized carbons (Fsp3) is 0.222. The van der Waals surface area contributed by atoms with Crippen molar-refractivity contribution in [1.29, 1.82) is 0 Å². The van der Waals surface area contributed by atoms with Gasteiger partial charge in [-0.05, 0) is 39.0 Å². The largest absolute Gasteiger partial charge is 0.441 e. The topological polar surface area (TPSA) is 64.4 Å². The van der Waals surface area contributed by atoms with Crippen LogP contribution >= 0.6 is 22.9 Å². The highest BCUT2D eigenvalue weighted by Gasteiger charge is 2.21. The Morgan fingerprint density at radius 2 is 2.04 bits per heavy atom. The zero-order valence-corrected chi connectivity index (χ0v) is 15.6. The van der Waals surface area contributed by atoms with Crippen LogP contribution < -0.4 is 5.32 Å². The summed E-state index contributed by atoms with van der Waals surface area (Å²) in [4.78, 5) is 14.3. The molecule has 3 rings (SSSR count). The average molecular weight is 377 g/mol. The van der Waals surface area contributed by atoms with Crippen molar-refractivity contribution >= 4 is 34.7 Å². The van der Waals surface area contributed by atoms with Crippen LogP contribution in [0.3, 0.4) is 0 Å². The number of carbonyl (C=O) groups excluding carboxylic acids is 1. The molecule has 0 bridgehead atoms. The van der Waals surface area contributed by atoms with E-state index in [-0.39, 0.29) is 0 Å². The molecule has 0 radical (unpaired) electrons. The molecule has 1 atom stereocenters. The summed E-state index contributed by atoms with van der Waals surface area (Å²) in [6.45, 7) is 5.54. The number of amides is 1. The van der Waals surface area contributed by atoms with Crippen LogP contribution in [0.2, 0.25) is 5.02 Å². The molecule has 2 heterocycles. The lowest BCUT2D eigenvalue weighted by Gasteiger charge is -2.15. The molecule has 0 fully saturated rings. The minimum absolute atomic E-state index is 0.485. The van der Waals surface area contributed by atoms with Gasteiger partial charge in [-0.3, -0.25) is 5.32 Å². The number of aromatic nitrogens is 1. The Bertz CT molecular complexity index is 903. The summed E-state index contributed by atoms with van der Waals surface area (Å²) >= 11 is 7.71. The van der Waals surface area contributed by atoms with Crippen molar-refractivity contribution in [2.45, 2.75) is 26.9 Å². The summed E-state index contributed by atoms with van der Waals surface area (Å²) in [6.07, 6.45) is -1.07. The molecule has 0 saturated heterocycles. The summed E-state index contributed by atoms with van der Waals surface area (Å²) < 4.78 is 10.8. The monoisotopic (exact) mass is 376 g/mol. The Morgan fingerprint density at radius 1 is 1.28 bits per heavy atom. The number of ether oxygens (including phenoxy) is 1. The second kappa shape index (κ2) is 7.29. The van der Waals surface area contributed by atoms with E-state index >= 15 is 0 Å². The molecule has 1 unspecified atom stereocenters. The van der Waals surface area contributed by atoms with E-state index < -0.39 is 12.2 Å². The number of hydrogen-bond acceptors (Lipinski definition) is 5. The van der Waals surface area contributed by atoms with Gasteiger partial charge in [0.1, 0.15) is 17.5 Å². The van der Waals surface area contributed by atoms with Crippen molar-refractivity contribution < 1.29 is 14.1 Å². The number of thiophene rings is 1. The van der Waals surface area contributed by atoms with Gasteiger partial charge in [0.05, 0.1) is 4.88 Å². The minimum Gasteiger partial charge on any atom is -0.441 e. The molecule has 0 saturated carbocycles. The van der Waals surface area contributed by atoms with Gasteiger partial charge < -0.3 is 9.26 Å². The van der Waals surface area contributed by atoms with Gasteiger partial charge >= 0.3 is 6.09 Å². The first-order valence-electron chi connectivity index (χ1n) is 7.71. The van der Waals surface area contributed by atoms with Crippen LogP contribution in [0.1, 0.15) is 29.2 Å². The molecule has 130 valence electrons. The smallest absolute Gasteiger partial charge is 0.412 e. The van der Waals surface area contributed by atoms with Gasteiger partial charge in [0.25, 0.3) is 0 Å². The highest BCUT2D eigenvalue weighted by molar-refractivity contribution is 7.15. The summed E-state index contributed by atoms with van der Waals surface area (Å²) in [5.74, 6) is 0.526. The van der Waals surface area contributed by atoms with Crippen molar-refractivity contribution in [3.8, 4) is 10.6 Å². The lowest BCUT2D eigenvalue weighted by atomic mass is 10.1. The highest BCUT2D eigenvalue weighted by atomic mass is 35.5. The van der Waals surface area contributed by atoms with Crippen LogP contribution in [0.4, 0.5) is 10.5 Å². The molecule has 7 heteroatoms. The maximum absolute atomic E-state index is 12.3. The Hall–Kier alpha value is -2.31. The van der Waals surface area contributed by atoms with Crippen molar-refractivity contribution in [3.05, 3.63) is 57.6 Å². The standard InChI is InChI=1S/C18H17ClN2O3S/c1-10-8-9-15(25-10)17-16(11(2)21-24-17)20-18(22)23-12(3)13-6-4-5-7-14(13)19/h4-9,12H,1-3H3,(H,20,22). The van der Waals surface area contributed by atoms with Gasteiger partial charge in [0, 0.05) is 15.5 Å². The van der Waals surface area contributed by atoms with Gasteiger partial charge in [0.2, 0.25) is 5.76 Å². The number of carbonyl (C=O) groups is 1. The van der Waals surface area contributed by atoms with Crippen LogP contribution in [0.5, 0.6) is 0 Å². The lowest BCUT2D eigenvalue weighted by molar-refractivity contribution is 0.121. The van der Waals surface area contributed by atoms with Crippen LogP contribution in [-0.4, -0.2) is 11.2 Å². The number of rotatable bonds is 4. The van der Waals surface area contributed by atoms with E-state index in [4.69, 9.17) is 20.9 Å². The molecule has 3 aromatic rings. The van der Waals surface area contributed by atoms with Gasteiger partial charge in [0.15, 0.2) is 0 Å². The number of benzene rings is 1. The summed E-state index contributed by atoms with van der Waals surface area (Å²) in [7, 11) is 0. The van der Waals surface area contributed by atoms with Crippen molar-refractivity contribution in [2.75, 3.05) is 5.32 Å². The van der Waals surface area contributed by atoms with Crippen LogP contribution in [0.25, 0.3) is 10.6 Å². The summed E-state index contributed by atoms with van der Waals surface area (Å²) in [6, 6.07) is 11.2. The third-order valence-corrected chi connectivity index (χ3v) is 5.02. The molecule has 0 aliphatic heterocycles. The number of hydrogen-bond donors (Lipinski definition) is 1. The number of nitrogens with zero attached hydrogens (tertiary/aromatic N) is 1. The number of nitrogens with one attached hydrogen (secondary N) is 1. The van der Waals surface area contributed by atoms with Gasteiger partial charge in [-0.15, -0.1) is 11.3 Å². The Labute approximate surface area is 154 Å². The fourth-order valence-corrected chi connectivity index (χ4v) is 3.54. The SMILES string of the molecule is Cc1ccc(-c2onc(C)c2NC(=O)OC(C)c2ccccc2Cl)s1. The zero-order valence-electron chi connectivity index (χ0n) is 14.0. The molecule has 1 amide bonds. The molecule has 1 aromatic carbocycles. The second-order valence-corrected chi connectivity index (χ2v) is 7.27. The number of anilines is 1.